The maximum Gasteiger partial charge on any atom is 0.303 e. The summed E-state index contributed by atoms with van der Waals surface area (Å²) in [5, 5.41) is 25.8. The Kier molecular flexibility index (Phi) is 7.31. The molecule has 3 aliphatic rings. The zero-order chi connectivity index (χ0) is 26.3. The molecule has 1 saturated carbocycles. The van der Waals surface area contributed by atoms with Crippen LogP contribution >= 0.6 is 0 Å². The summed E-state index contributed by atoms with van der Waals surface area (Å²) in [6, 6.07) is 9.73. The Morgan fingerprint density at radius 1 is 1.22 bits per heavy atom. The van der Waals surface area contributed by atoms with Crippen LogP contribution in [0.2, 0.25) is 0 Å². The van der Waals surface area contributed by atoms with Crippen molar-refractivity contribution < 1.29 is 24.5 Å². The van der Waals surface area contributed by atoms with E-state index in [0.29, 0.717) is 24.8 Å². The number of aliphatic hydroxyl groups is 2. The number of ether oxygens (including phenoxy) is 1. The number of benzene rings is 1. The van der Waals surface area contributed by atoms with E-state index in [9.17, 15) is 19.8 Å². The first kappa shape index (κ1) is 26.4. The van der Waals surface area contributed by atoms with Gasteiger partial charge in [0.05, 0.1) is 11.7 Å². The van der Waals surface area contributed by atoms with Crippen molar-refractivity contribution in [3.05, 3.63) is 72.4 Å². The number of hydrogen-bond donors (Lipinski definition) is 3. The maximum atomic E-state index is 14.2. The molecule has 0 radical (unpaired) electrons. The van der Waals surface area contributed by atoms with E-state index in [2.05, 4.69) is 18.8 Å². The largest absolute Gasteiger partial charge is 0.457 e. The minimum atomic E-state index is -1.26. The van der Waals surface area contributed by atoms with Gasteiger partial charge in [-0.25, -0.2) is 0 Å². The summed E-state index contributed by atoms with van der Waals surface area (Å²) in [5.74, 6) is -1.75. The Labute approximate surface area is 214 Å². The van der Waals surface area contributed by atoms with Crippen molar-refractivity contribution in [1.82, 2.24) is 5.32 Å². The van der Waals surface area contributed by atoms with E-state index in [4.69, 9.17) is 4.74 Å². The van der Waals surface area contributed by atoms with Gasteiger partial charge in [-0.15, -0.1) is 0 Å². The third kappa shape index (κ3) is 4.69. The van der Waals surface area contributed by atoms with E-state index in [0.717, 1.165) is 5.56 Å². The minimum absolute atomic E-state index is 0.170. The third-order valence-electron chi connectivity index (χ3n) is 8.43. The Morgan fingerprint density at radius 3 is 2.58 bits per heavy atom. The summed E-state index contributed by atoms with van der Waals surface area (Å²) >= 11 is 0. The summed E-state index contributed by atoms with van der Waals surface area (Å²) in [6.45, 7) is 11.3. The predicted molar refractivity (Wildman–Crippen MR) is 139 cm³/mol. The van der Waals surface area contributed by atoms with Gasteiger partial charge in [0.2, 0.25) is 5.91 Å². The van der Waals surface area contributed by atoms with Crippen molar-refractivity contribution in [3.63, 3.8) is 0 Å². The second kappa shape index (κ2) is 9.98. The van der Waals surface area contributed by atoms with Gasteiger partial charge in [0.1, 0.15) is 11.5 Å². The van der Waals surface area contributed by atoms with Crippen molar-refractivity contribution in [2.75, 3.05) is 0 Å². The molecule has 9 atom stereocenters. The Balaban J connectivity index is 1.92. The average Bonchev–Trinajstić information content (AvgIpc) is 3.08. The lowest BCUT2D eigenvalue weighted by molar-refractivity contribution is -0.166. The molecule has 36 heavy (non-hydrogen) atoms. The highest BCUT2D eigenvalue weighted by atomic mass is 16.5. The molecule has 3 N–H and O–H groups in total. The molecule has 2 fully saturated rings. The van der Waals surface area contributed by atoms with Crippen LogP contribution in [-0.2, 0) is 20.7 Å². The van der Waals surface area contributed by atoms with Crippen LogP contribution in [0.25, 0.3) is 0 Å². The maximum absolute atomic E-state index is 14.2. The molecule has 1 saturated heterocycles. The molecule has 1 amide bonds. The van der Waals surface area contributed by atoms with Crippen LogP contribution in [0.15, 0.2) is 66.8 Å². The van der Waals surface area contributed by atoms with Gasteiger partial charge in [0, 0.05) is 24.8 Å². The van der Waals surface area contributed by atoms with Gasteiger partial charge in [-0.05, 0) is 55.2 Å². The average molecular weight is 494 g/mol. The molecule has 1 aromatic carbocycles. The van der Waals surface area contributed by atoms with Crippen LogP contribution in [0.3, 0.4) is 0 Å². The molecule has 0 aromatic heterocycles. The van der Waals surface area contributed by atoms with E-state index >= 15 is 0 Å². The molecule has 4 rings (SSSR count). The van der Waals surface area contributed by atoms with Gasteiger partial charge >= 0.3 is 5.97 Å². The normalized spacial score (nSPS) is 41.4. The predicted octanol–water partition coefficient (Wildman–Crippen LogP) is 3.74. The van der Waals surface area contributed by atoms with E-state index < -0.39 is 35.1 Å². The molecular weight excluding hydrogens is 454 g/mol. The third-order valence-corrected chi connectivity index (χ3v) is 8.43. The molecule has 6 nitrogen and oxygen atoms in total. The van der Waals surface area contributed by atoms with Crippen molar-refractivity contribution in [2.45, 2.75) is 70.8 Å². The van der Waals surface area contributed by atoms with Crippen LogP contribution in [-0.4, -0.2) is 45.9 Å². The molecule has 0 bridgehead atoms. The number of nitrogens with one attached hydrogen (secondary N) is 1. The highest BCUT2D eigenvalue weighted by Gasteiger charge is 2.68. The molecule has 2 aliphatic carbocycles. The number of hydrogen-bond acceptors (Lipinski definition) is 5. The van der Waals surface area contributed by atoms with Gasteiger partial charge in [-0.1, -0.05) is 69.0 Å². The van der Waals surface area contributed by atoms with E-state index in [-0.39, 0.29) is 29.7 Å². The van der Waals surface area contributed by atoms with Crippen molar-refractivity contribution >= 4 is 11.9 Å². The first-order valence-electron chi connectivity index (χ1n) is 12.9. The highest BCUT2D eigenvalue weighted by molar-refractivity contribution is 5.89. The molecule has 1 aromatic rings. The van der Waals surface area contributed by atoms with Gasteiger partial charge in [-0.3, -0.25) is 9.59 Å². The highest BCUT2D eigenvalue weighted by Crippen LogP contribution is 2.58. The van der Waals surface area contributed by atoms with Crippen LogP contribution < -0.4 is 5.32 Å². The van der Waals surface area contributed by atoms with Crippen LogP contribution in [0.5, 0.6) is 0 Å². The first-order valence-corrected chi connectivity index (χ1v) is 12.9. The SMILES string of the molecule is C=C1[C@@H](C)C2[C@H](Cc3ccccc3)NC(=O)[C@@]23C(/C=C/C[C@H](C)C[C@@](C)(O)C=C[C@H]3OC(C)=O)[C@@H]1O. The minimum Gasteiger partial charge on any atom is -0.457 e. The molecular formula is C30H39NO5. The number of allylic oxidation sites excluding steroid dienone is 1. The summed E-state index contributed by atoms with van der Waals surface area (Å²) in [5.41, 5.74) is -0.635. The Bertz CT molecular complexity index is 1060. The van der Waals surface area contributed by atoms with Crippen molar-refractivity contribution in [3.8, 4) is 0 Å². The van der Waals surface area contributed by atoms with E-state index in [1.54, 1.807) is 19.1 Å². The second-order valence-electron chi connectivity index (χ2n) is 11.3. The summed E-state index contributed by atoms with van der Waals surface area (Å²) in [4.78, 5) is 26.5. The lowest BCUT2D eigenvalue weighted by Gasteiger charge is -2.52. The fourth-order valence-corrected chi connectivity index (χ4v) is 6.90. The smallest absolute Gasteiger partial charge is 0.303 e. The molecule has 1 spiro atoms. The van der Waals surface area contributed by atoms with Crippen LogP contribution in [0, 0.1) is 29.1 Å². The number of aliphatic hydroxyl groups excluding tert-OH is 1. The Morgan fingerprint density at radius 2 is 1.92 bits per heavy atom. The number of esters is 1. The molecule has 2 unspecified atom stereocenters. The fourth-order valence-electron chi connectivity index (χ4n) is 6.90. The summed E-state index contributed by atoms with van der Waals surface area (Å²) < 4.78 is 5.89. The zero-order valence-electron chi connectivity index (χ0n) is 21.7. The van der Waals surface area contributed by atoms with Gasteiger partial charge in [0.15, 0.2) is 0 Å². The molecule has 1 aliphatic heterocycles. The second-order valence-corrected chi connectivity index (χ2v) is 11.3. The van der Waals surface area contributed by atoms with Crippen molar-refractivity contribution in [1.29, 1.82) is 0 Å². The molecule has 6 heteroatoms. The molecule has 194 valence electrons. The van der Waals surface area contributed by atoms with E-state index in [1.165, 1.54) is 6.92 Å². The van der Waals surface area contributed by atoms with E-state index in [1.807, 2.05) is 49.4 Å². The lowest BCUT2D eigenvalue weighted by atomic mass is 9.51. The van der Waals surface area contributed by atoms with Gasteiger partial charge < -0.3 is 20.3 Å². The van der Waals surface area contributed by atoms with Gasteiger partial charge in [-0.2, -0.15) is 0 Å². The quantitative estimate of drug-likeness (QED) is 0.440. The number of carbonyl (C=O) groups excluding carboxylic acids is 2. The summed E-state index contributed by atoms with van der Waals surface area (Å²) in [6.07, 6.45) is 7.09. The number of amides is 1. The number of rotatable bonds is 3. The first-order chi connectivity index (χ1) is 17.0. The topological polar surface area (TPSA) is 95.9 Å². The fraction of sp³-hybridized carbons (Fsp3) is 0.533. The summed E-state index contributed by atoms with van der Waals surface area (Å²) in [7, 11) is 0. The zero-order valence-corrected chi connectivity index (χ0v) is 21.7. The van der Waals surface area contributed by atoms with Gasteiger partial charge in [0.25, 0.3) is 0 Å². The monoisotopic (exact) mass is 493 g/mol. The van der Waals surface area contributed by atoms with Crippen LogP contribution in [0.1, 0.15) is 46.1 Å². The van der Waals surface area contributed by atoms with Crippen LogP contribution in [0.4, 0.5) is 0 Å². The number of carbonyl (C=O) groups is 2. The Hall–Kier alpha value is -2.70. The van der Waals surface area contributed by atoms with Crippen molar-refractivity contribution in [2.24, 2.45) is 29.1 Å². The lowest BCUT2D eigenvalue weighted by Crippen LogP contribution is -2.60. The molecule has 1 heterocycles. The standard InChI is InChI=1S/C30H39NO5/c1-18-10-9-13-23-27(33)20(3)19(2)26-24(16-22-11-7-6-8-12-22)31-28(34)30(23,26)25(36-21(4)32)14-15-29(5,35)17-18/h6-9,11-15,18-19,23-27,33,35H,3,10,16-17H2,1-2,4-5H3,(H,31,34)/b13-9+,15-14?/t18-,19+,23?,24-,25+,26?,27+,29-,30+/m0/s1.